The van der Waals surface area contributed by atoms with Crippen LogP contribution < -0.4 is 9.47 Å². The van der Waals surface area contributed by atoms with E-state index in [1.165, 1.54) is 13.2 Å². The number of hydrogen-bond acceptors (Lipinski definition) is 4. The van der Waals surface area contributed by atoms with Crippen LogP contribution in [-0.2, 0) is 12.8 Å². The lowest BCUT2D eigenvalue weighted by atomic mass is 9.86. The van der Waals surface area contributed by atoms with Crippen LogP contribution in [0.15, 0.2) is 41.1 Å². The van der Waals surface area contributed by atoms with E-state index in [1.54, 1.807) is 18.2 Å². The molecular formula is C23H21BrF5N3O2. The van der Waals surface area contributed by atoms with Crippen molar-refractivity contribution in [3.63, 3.8) is 0 Å². The Kier molecular flexibility index (Phi) is 6.84. The smallest absolute Gasteiger partial charge is 0.417 e. The highest BCUT2D eigenvalue weighted by Crippen LogP contribution is 2.43. The molecule has 0 saturated heterocycles. The molecule has 34 heavy (non-hydrogen) atoms. The SMILES string of the molecule is COc1cc(OCc2ccc(C(F)(F)F)cn2)ccc1-c1nc(C2CCCC(F)(F)C2)[nH]c1Br. The minimum atomic E-state index is -4.45. The lowest BCUT2D eigenvalue weighted by Crippen LogP contribution is -2.25. The lowest BCUT2D eigenvalue weighted by Gasteiger charge is -2.27. The minimum Gasteiger partial charge on any atom is -0.496 e. The fourth-order valence-electron chi connectivity index (χ4n) is 3.94. The third-order valence-electron chi connectivity index (χ3n) is 5.67. The number of halogens is 6. The van der Waals surface area contributed by atoms with E-state index in [9.17, 15) is 22.0 Å². The number of aromatic amines is 1. The molecule has 1 N–H and O–H groups in total. The van der Waals surface area contributed by atoms with E-state index in [0.29, 0.717) is 51.7 Å². The molecule has 0 amide bonds. The molecule has 1 atom stereocenters. The molecule has 1 aromatic carbocycles. The Balaban J connectivity index is 1.50. The van der Waals surface area contributed by atoms with E-state index in [4.69, 9.17) is 9.47 Å². The van der Waals surface area contributed by atoms with Gasteiger partial charge in [0.15, 0.2) is 0 Å². The second-order valence-corrected chi connectivity index (χ2v) is 8.91. The molecule has 5 nitrogen and oxygen atoms in total. The highest BCUT2D eigenvalue weighted by Gasteiger charge is 2.38. The average Bonchev–Trinajstić information content (AvgIpc) is 3.18. The summed E-state index contributed by atoms with van der Waals surface area (Å²) in [5.74, 6) is -1.71. The summed E-state index contributed by atoms with van der Waals surface area (Å²) in [7, 11) is 1.48. The van der Waals surface area contributed by atoms with Gasteiger partial charge in [-0.05, 0) is 53.0 Å². The number of aromatic nitrogens is 3. The highest BCUT2D eigenvalue weighted by atomic mass is 79.9. The predicted molar refractivity (Wildman–Crippen MR) is 118 cm³/mol. The Hall–Kier alpha value is -2.69. The van der Waals surface area contributed by atoms with Gasteiger partial charge in [0.25, 0.3) is 0 Å². The Morgan fingerprint density at radius 2 is 2.00 bits per heavy atom. The molecule has 1 aliphatic rings. The van der Waals surface area contributed by atoms with Gasteiger partial charge >= 0.3 is 6.18 Å². The van der Waals surface area contributed by atoms with E-state index >= 15 is 0 Å². The van der Waals surface area contributed by atoms with E-state index in [0.717, 1.165) is 12.3 Å². The first-order valence-corrected chi connectivity index (χ1v) is 11.3. The number of nitrogens with zero attached hydrogens (tertiary/aromatic N) is 2. The molecule has 11 heteroatoms. The second-order valence-electron chi connectivity index (χ2n) is 8.12. The van der Waals surface area contributed by atoms with Crippen molar-refractivity contribution >= 4 is 15.9 Å². The first-order valence-electron chi connectivity index (χ1n) is 10.5. The molecular weight excluding hydrogens is 525 g/mol. The number of hydrogen-bond donors (Lipinski definition) is 1. The number of benzene rings is 1. The summed E-state index contributed by atoms with van der Waals surface area (Å²) in [6.45, 7) is -0.0349. The molecule has 0 bridgehead atoms. The molecule has 3 aromatic rings. The van der Waals surface area contributed by atoms with Gasteiger partial charge in [-0.1, -0.05) is 0 Å². The topological polar surface area (TPSA) is 60.0 Å². The molecule has 182 valence electrons. The fourth-order valence-corrected chi connectivity index (χ4v) is 4.44. The molecule has 0 aliphatic heterocycles. The maximum Gasteiger partial charge on any atom is 0.417 e. The molecule has 0 spiro atoms. The van der Waals surface area contributed by atoms with E-state index in [2.05, 4.69) is 30.9 Å². The molecule has 2 heterocycles. The van der Waals surface area contributed by atoms with E-state index in [1.807, 2.05) is 0 Å². The largest absolute Gasteiger partial charge is 0.496 e. The highest BCUT2D eigenvalue weighted by molar-refractivity contribution is 9.10. The number of methoxy groups -OCH3 is 1. The van der Waals surface area contributed by atoms with Crippen molar-refractivity contribution in [2.24, 2.45) is 0 Å². The van der Waals surface area contributed by atoms with Crippen molar-refractivity contribution in [1.82, 2.24) is 15.0 Å². The number of rotatable bonds is 6. The van der Waals surface area contributed by atoms with Gasteiger partial charge in [0.1, 0.15) is 34.2 Å². The monoisotopic (exact) mass is 545 g/mol. The zero-order valence-electron chi connectivity index (χ0n) is 18.1. The zero-order valence-corrected chi connectivity index (χ0v) is 19.6. The molecule has 0 radical (unpaired) electrons. The number of ether oxygens (including phenoxy) is 2. The normalized spacial score (nSPS) is 18.0. The second kappa shape index (κ2) is 9.52. The number of nitrogens with one attached hydrogen (secondary N) is 1. The van der Waals surface area contributed by atoms with E-state index in [-0.39, 0.29) is 25.4 Å². The summed E-state index contributed by atoms with van der Waals surface area (Å²) in [5.41, 5.74) is 0.652. The van der Waals surface area contributed by atoms with Crippen molar-refractivity contribution in [3.05, 3.63) is 58.2 Å². The zero-order chi connectivity index (χ0) is 24.5. The number of imidazole rings is 1. The maximum absolute atomic E-state index is 13.9. The Labute approximate surface area is 200 Å². The Morgan fingerprint density at radius 1 is 1.21 bits per heavy atom. The van der Waals surface area contributed by atoms with Crippen LogP contribution in [0.4, 0.5) is 22.0 Å². The van der Waals surface area contributed by atoms with Gasteiger partial charge in [0.2, 0.25) is 5.92 Å². The van der Waals surface area contributed by atoms with Crippen LogP contribution in [0.3, 0.4) is 0 Å². The Bertz CT molecular complexity index is 1150. The average molecular weight is 546 g/mol. The summed E-state index contributed by atoms with van der Waals surface area (Å²) in [5, 5.41) is 0. The summed E-state index contributed by atoms with van der Waals surface area (Å²) in [6, 6.07) is 7.21. The van der Waals surface area contributed by atoms with Gasteiger partial charge in [-0.15, -0.1) is 0 Å². The van der Waals surface area contributed by atoms with Crippen molar-refractivity contribution in [2.45, 2.75) is 50.3 Å². The van der Waals surface area contributed by atoms with Crippen LogP contribution in [0.25, 0.3) is 11.3 Å². The fraction of sp³-hybridized carbons (Fsp3) is 0.391. The van der Waals surface area contributed by atoms with Gasteiger partial charge in [-0.25, -0.2) is 13.8 Å². The molecule has 1 saturated carbocycles. The quantitative estimate of drug-likeness (QED) is 0.334. The molecule has 1 unspecified atom stereocenters. The predicted octanol–water partition coefficient (Wildman–Crippen LogP) is 7.13. The van der Waals surface area contributed by atoms with Gasteiger partial charge in [-0.2, -0.15) is 13.2 Å². The standard InChI is InChI=1S/C23H21BrF5N3O2/c1-33-18-9-16(34-12-15-5-4-14(11-30-15)23(27,28)29)6-7-17(18)19-20(24)32-21(31-19)13-3-2-8-22(25,26)10-13/h4-7,9,11,13H,2-3,8,10,12H2,1H3,(H,31,32). The maximum atomic E-state index is 13.9. The third-order valence-corrected chi connectivity index (χ3v) is 6.25. The lowest BCUT2D eigenvalue weighted by molar-refractivity contribution is -0.137. The van der Waals surface area contributed by atoms with Crippen molar-refractivity contribution in [1.29, 1.82) is 0 Å². The minimum absolute atomic E-state index is 0.0349. The third kappa shape index (κ3) is 5.51. The number of H-pyrrole nitrogens is 1. The van der Waals surface area contributed by atoms with Crippen molar-refractivity contribution < 1.29 is 31.4 Å². The van der Waals surface area contributed by atoms with Crippen LogP contribution in [0.2, 0.25) is 0 Å². The van der Waals surface area contributed by atoms with Gasteiger partial charge in [0, 0.05) is 36.6 Å². The van der Waals surface area contributed by atoms with Gasteiger partial charge < -0.3 is 14.5 Å². The van der Waals surface area contributed by atoms with E-state index < -0.39 is 17.7 Å². The summed E-state index contributed by atoms with van der Waals surface area (Å²) < 4.78 is 77.4. The number of alkyl halides is 5. The molecule has 2 aromatic heterocycles. The summed E-state index contributed by atoms with van der Waals surface area (Å²) >= 11 is 3.43. The van der Waals surface area contributed by atoms with Crippen molar-refractivity contribution in [3.8, 4) is 22.8 Å². The molecule has 1 aliphatic carbocycles. The van der Waals surface area contributed by atoms with Crippen molar-refractivity contribution in [2.75, 3.05) is 7.11 Å². The number of pyridine rings is 1. The van der Waals surface area contributed by atoms with Crippen LogP contribution >= 0.6 is 15.9 Å². The Morgan fingerprint density at radius 3 is 2.65 bits per heavy atom. The molecule has 4 rings (SSSR count). The first kappa shape index (κ1) is 24.4. The van der Waals surface area contributed by atoms with Crippen LogP contribution in [0.5, 0.6) is 11.5 Å². The summed E-state index contributed by atoms with van der Waals surface area (Å²) in [4.78, 5) is 11.4. The first-order chi connectivity index (χ1) is 16.1. The van der Waals surface area contributed by atoms with Crippen LogP contribution in [0.1, 0.15) is 48.7 Å². The van der Waals surface area contributed by atoms with Gasteiger partial charge in [-0.3, -0.25) is 4.98 Å². The van der Waals surface area contributed by atoms with Crippen LogP contribution in [-0.4, -0.2) is 28.0 Å². The van der Waals surface area contributed by atoms with Crippen LogP contribution in [0, 0.1) is 0 Å². The molecule has 1 fully saturated rings. The summed E-state index contributed by atoms with van der Waals surface area (Å²) in [6.07, 6.45) is -2.96. The van der Waals surface area contributed by atoms with Gasteiger partial charge in [0.05, 0.1) is 18.4 Å².